The van der Waals surface area contributed by atoms with Crippen LogP contribution in [0.1, 0.15) is 11.3 Å². The van der Waals surface area contributed by atoms with E-state index in [0.29, 0.717) is 12.4 Å². The highest BCUT2D eigenvalue weighted by molar-refractivity contribution is 9.10. The van der Waals surface area contributed by atoms with E-state index in [-0.39, 0.29) is 0 Å². The quantitative estimate of drug-likeness (QED) is 0.933. The number of anilines is 1. The van der Waals surface area contributed by atoms with Crippen molar-refractivity contribution in [1.82, 2.24) is 4.98 Å². The molecular weight excluding hydrogens is 292 g/mol. The fourth-order valence-electron chi connectivity index (χ4n) is 1.64. The maximum absolute atomic E-state index is 5.10. The summed E-state index contributed by atoms with van der Waals surface area (Å²) in [5.41, 5.74) is 3.27. The molecule has 1 aromatic heterocycles. The molecule has 2 aromatic rings. The number of hydrogen-bond acceptors (Lipinski definition) is 3. The number of nitrogens with one attached hydrogen (secondary N) is 1. The van der Waals surface area contributed by atoms with Gasteiger partial charge in [0, 0.05) is 16.2 Å². The second-order valence-corrected chi connectivity index (χ2v) is 4.90. The Morgan fingerprint density at radius 1 is 1.28 bits per heavy atom. The molecule has 0 aliphatic carbocycles. The Hall–Kier alpha value is -1.55. The van der Waals surface area contributed by atoms with Gasteiger partial charge in [0.2, 0.25) is 5.88 Å². The first-order chi connectivity index (χ1) is 8.69. The number of methoxy groups -OCH3 is 1. The lowest BCUT2D eigenvalue weighted by molar-refractivity contribution is 0.396. The van der Waals surface area contributed by atoms with Gasteiger partial charge in [0.05, 0.1) is 19.3 Å². The van der Waals surface area contributed by atoms with Crippen LogP contribution in [0, 0.1) is 6.92 Å². The lowest BCUT2D eigenvalue weighted by atomic mass is 10.2. The van der Waals surface area contributed by atoms with Gasteiger partial charge in [-0.2, -0.15) is 0 Å². The van der Waals surface area contributed by atoms with Gasteiger partial charge in [-0.15, -0.1) is 0 Å². The minimum absolute atomic E-state index is 0.639. The van der Waals surface area contributed by atoms with E-state index in [1.165, 1.54) is 5.56 Å². The Labute approximate surface area is 115 Å². The summed E-state index contributed by atoms with van der Waals surface area (Å²) >= 11 is 3.47. The number of halogens is 1. The zero-order valence-electron chi connectivity index (χ0n) is 10.4. The average Bonchev–Trinajstić information content (AvgIpc) is 2.40. The molecule has 0 amide bonds. The third-order valence-corrected chi connectivity index (χ3v) is 3.14. The fraction of sp³-hybridized carbons (Fsp3) is 0.214. The van der Waals surface area contributed by atoms with Crippen LogP contribution < -0.4 is 10.1 Å². The van der Waals surface area contributed by atoms with E-state index in [2.05, 4.69) is 45.3 Å². The van der Waals surface area contributed by atoms with Crippen molar-refractivity contribution in [3.63, 3.8) is 0 Å². The predicted molar refractivity (Wildman–Crippen MR) is 77.0 cm³/mol. The number of rotatable bonds is 4. The number of aromatic nitrogens is 1. The van der Waals surface area contributed by atoms with Crippen molar-refractivity contribution in [3.05, 3.63) is 52.1 Å². The summed E-state index contributed by atoms with van der Waals surface area (Å²) < 4.78 is 6.17. The van der Waals surface area contributed by atoms with Gasteiger partial charge in [0.15, 0.2) is 0 Å². The smallest absolute Gasteiger partial charge is 0.213 e. The molecular formula is C14H15BrN2O. The van der Waals surface area contributed by atoms with E-state index in [4.69, 9.17) is 4.74 Å². The minimum atomic E-state index is 0.639. The van der Waals surface area contributed by atoms with Gasteiger partial charge in [0.25, 0.3) is 0 Å². The van der Waals surface area contributed by atoms with Gasteiger partial charge in [-0.25, -0.2) is 4.98 Å². The van der Waals surface area contributed by atoms with Crippen LogP contribution in [0.2, 0.25) is 0 Å². The molecule has 0 fully saturated rings. The Bertz CT molecular complexity index is 543. The highest BCUT2D eigenvalue weighted by Gasteiger charge is 2.01. The minimum Gasteiger partial charge on any atom is -0.481 e. The Morgan fingerprint density at radius 3 is 2.89 bits per heavy atom. The van der Waals surface area contributed by atoms with Crippen LogP contribution in [0.15, 0.2) is 40.9 Å². The fourth-order valence-corrected chi connectivity index (χ4v) is 2.00. The maximum Gasteiger partial charge on any atom is 0.213 e. The Morgan fingerprint density at radius 2 is 2.11 bits per heavy atom. The Kier molecular flexibility index (Phi) is 4.20. The molecule has 0 saturated carbocycles. The zero-order chi connectivity index (χ0) is 13.0. The van der Waals surface area contributed by atoms with E-state index in [9.17, 15) is 0 Å². The van der Waals surface area contributed by atoms with E-state index >= 15 is 0 Å². The molecule has 0 aliphatic rings. The molecule has 0 spiro atoms. The highest BCUT2D eigenvalue weighted by Crippen LogP contribution is 2.21. The summed E-state index contributed by atoms with van der Waals surface area (Å²) in [4.78, 5) is 4.36. The van der Waals surface area contributed by atoms with Gasteiger partial charge in [-0.1, -0.05) is 28.1 Å². The molecule has 1 N–H and O–H groups in total. The van der Waals surface area contributed by atoms with Crippen molar-refractivity contribution in [2.24, 2.45) is 0 Å². The SMILES string of the molecule is COc1cccc(CNc2cc(Br)ccc2C)n1. The third kappa shape index (κ3) is 3.23. The number of hydrogen-bond donors (Lipinski definition) is 1. The second kappa shape index (κ2) is 5.87. The molecule has 3 nitrogen and oxygen atoms in total. The second-order valence-electron chi connectivity index (χ2n) is 3.98. The van der Waals surface area contributed by atoms with E-state index in [1.807, 2.05) is 24.3 Å². The van der Waals surface area contributed by atoms with Crippen LogP contribution in [-0.2, 0) is 6.54 Å². The Balaban J connectivity index is 2.08. The molecule has 18 heavy (non-hydrogen) atoms. The number of benzene rings is 1. The van der Waals surface area contributed by atoms with Gasteiger partial charge in [-0.05, 0) is 30.7 Å². The summed E-state index contributed by atoms with van der Waals surface area (Å²) in [5, 5.41) is 3.37. The molecule has 94 valence electrons. The van der Waals surface area contributed by atoms with Crippen molar-refractivity contribution >= 4 is 21.6 Å². The van der Waals surface area contributed by atoms with Crippen molar-refractivity contribution in [2.45, 2.75) is 13.5 Å². The largest absolute Gasteiger partial charge is 0.481 e. The van der Waals surface area contributed by atoms with Crippen molar-refractivity contribution in [2.75, 3.05) is 12.4 Å². The predicted octanol–water partition coefficient (Wildman–Crippen LogP) is 3.77. The summed E-state index contributed by atoms with van der Waals surface area (Å²) in [7, 11) is 1.62. The van der Waals surface area contributed by atoms with Gasteiger partial charge in [-0.3, -0.25) is 0 Å². The number of ether oxygens (including phenoxy) is 1. The third-order valence-electron chi connectivity index (χ3n) is 2.65. The summed E-state index contributed by atoms with van der Waals surface area (Å²) in [6.45, 7) is 2.75. The van der Waals surface area contributed by atoms with Gasteiger partial charge < -0.3 is 10.1 Å². The first kappa shape index (κ1) is 12.9. The van der Waals surface area contributed by atoms with E-state index in [1.54, 1.807) is 7.11 Å². The van der Waals surface area contributed by atoms with Crippen molar-refractivity contribution in [3.8, 4) is 5.88 Å². The zero-order valence-corrected chi connectivity index (χ0v) is 12.0. The van der Waals surface area contributed by atoms with Gasteiger partial charge in [0.1, 0.15) is 0 Å². The van der Waals surface area contributed by atoms with Crippen LogP contribution in [0.25, 0.3) is 0 Å². The molecule has 0 unspecified atom stereocenters. The molecule has 0 bridgehead atoms. The molecule has 0 radical (unpaired) electrons. The molecule has 0 aliphatic heterocycles. The molecule has 1 heterocycles. The van der Waals surface area contributed by atoms with E-state index in [0.717, 1.165) is 15.9 Å². The van der Waals surface area contributed by atoms with Crippen molar-refractivity contribution in [1.29, 1.82) is 0 Å². The molecule has 4 heteroatoms. The lowest BCUT2D eigenvalue weighted by Crippen LogP contribution is -2.03. The van der Waals surface area contributed by atoms with Crippen LogP contribution in [0.4, 0.5) is 5.69 Å². The summed E-state index contributed by atoms with van der Waals surface area (Å²) in [6.07, 6.45) is 0. The number of pyridine rings is 1. The first-order valence-corrected chi connectivity index (χ1v) is 6.48. The number of nitrogens with zero attached hydrogens (tertiary/aromatic N) is 1. The maximum atomic E-state index is 5.10. The molecule has 1 aromatic carbocycles. The molecule has 2 rings (SSSR count). The summed E-state index contributed by atoms with van der Waals surface area (Å²) in [6, 6.07) is 11.9. The topological polar surface area (TPSA) is 34.1 Å². The van der Waals surface area contributed by atoms with Crippen molar-refractivity contribution < 1.29 is 4.74 Å². The number of aryl methyl sites for hydroxylation is 1. The summed E-state index contributed by atoms with van der Waals surface area (Å²) in [5.74, 6) is 0.639. The van der Waals surface area contributed by atoms with Gasteiger partial charge >= 0.3 is 0 Å². The highest BCUT2D eigenvalue weighted by atomic mass is 79.9. The monoisotopic (exact) mass is 306 g/mol. The molecule has 0 saturated heterocycles. The average molecular weight is 307 g/mol. The van der Waals surface area contributed by atoms with Crippen LogP contribution in [0.5, 0.6) is 5.88 Å². The first-order valence-electron chi connectivity index (χ1n) is 5.69. The van der Waals surface area contributed by atoms with Crippen LogP contribution in [0.3, 0.4) is 0 Å². The normalized spacial score (nSPS) is 10.2. The van der Waals surface area contributed by atoms with E-state index < -0.39 is 0 Å². The molecule has 0 atom stereocenters. The van der Waals surface area contributed by atoms with Crippen LogP contribution >= 0.6 is 15.9 Å². The van der Waals surface area contributed by atoms with Crippen LogP contribution in [-0.4, -0.2) is 12.1 Å². The lowest BCUT2D eigenvalue weighted by Gasteiger charge is -2.10. The standard InChI is InChI=1S/C14H15BrN2O/c1-10-6-7-11(15)8-13(10)16-9-12-4-3-5-14(17-12)18-2/h3-8,16H,9H2,1-2H3.